The largest absolute Gasteiger partial charge is 0.494 e. The third-order valence-corrected chi connectivity index (χ3v) is 4.64. The van der Waals surface area contributed by atoms with Gasteiger partial charge in [-0.1, -0.05) is 29.8 Å². The van der Waals surface area contributed by atoms with Gasteiger partial charge in [0.15, 0.2) is 0 Å². The van der Waals surface area contributed by atoms with Crippen molar-refractivity contribution in [1.29, 1.82) is 0 Å². The standard InChI is InChI=1S/C21H22ClNO3/c1-3-25-21(24)20-14-16-7-4-5-8-19(16)23(20)11-6-12-26-17-9-10-18(22)15(2)13-17/h4-5,7-10,13-14H,3,6,11-12H2,1-2H3. The zero-order chi connectivity index (χ0) is 18.5. The molecule has 5 heteroatoms. The lowest BCUT2D eigenvalue weighted by Gasteiger charge is -2.11. The van der Waals surface area contributed by atoms with Crippen LogP contribution in [0.25, 0.3) is 10.9 Å². The summed E-state index contributed by atoms with van der Waals surface area (Å²) in [6.45, 7) is 5.35. The third-order valence-electron chi connectivity index (χ3n) is 4.22. The number of para-hydroxylation sites is 1. The molecule has 1 aromatic heterocycles. The minimum Gasteiger partial charge on any atom is -0.494 e. The zero-order valence-corrected chi connectivity index (χ0v) is 15.8. The molecule has 3 aromatic rings. The fourth-order valence-electron chi connectivity index (χ4n) is 2.95. The number of aryl methyl sites for hydroxylation is 2. The Balaban J connectivity index is 1.70. The van der Waals surface area contributed by atoms with Gasteiger partial charge >= 0.3 is 5.97 Å². The van der Waals surface area contributed by atoms with E-state index in [9.17, 15) is 4.79 Å². The van der Waals surface area contributed by atoms with Gasteiger partial charge in [-0.25, -0.2) is 4.79 Å². The SMILES string of the molecule is CCOC(=O)c1cc2ccccc2n1CCCOc1ccc(Cl)c(C)c1. The number of hydrogen-bond donors (Lipinski definition) is 0. The number of nitrogens with zero attached hydrogens (tertiary/aromatic N) is 1. The van der Waals surface area contributed by atoms with Gasteiger partial charge in [-0.2, -0.15) is 0 Å². The predicted molar refractivity (Wildman–Crippen MR) is 104 cm³/mol. The highest BCUT2D eigenvalue weighted by Crippen LogP contribution is 2.23. The average Bonchev–Trinajstić information content (AvgIpc) is 3.01. The Morgan fingerprint density at radius 3 is 2.73 bits per heavy atom. The molecule has 136 valence electrons. The van der Waals surface area contributed by atoms with Gasteiger partial charge in [0, 0.05) is 22.5 Å². The Hall–Kier alpha value is -2.46. The molecule has 0 spiro atoms. The molecule has 0 saturated carbocycles. The van der Waals surface area contributed by atoms with Crippen LogP contribution >= 0.6 is 11.6 Å². The summed E-state index contributed by atoms with van der Waals surface area (Å²) in [7, 11) is 0. The van der Waals surface area contributed by atoms with E-state index < -0.39 is 0 Å². The van der Waals surface area contributed by atoms with E-state index in [1.165, 1.54) is 0 Å². The molecule has 0 amide bonds. The molecule has 1 heterocycles. The van der Waals surface area contributed by atoms with E-state index in [1.807, 2.05) is 66.9 Å². The Morgan fingerprint density at radius 1 is 1.15 bits per heavy atom. The molecule has 0 N–H and O–H groups in total. The molecule has 0 atom stereocenters. The van der Waals surface area contributed by atoms with Crippen molar-refractivity contribution in [3.8, 4) is 5.75 Å². The summed E-state index contributed by atoms with van der Waals surface area (Å²) in [5, 5.41) is 1.76. The van der Waals surface area contributed by atoms with Gasteiger partial charge in [-0.3, -0.25) is 0 Å². The van der Waals surface area contributed by atoms with Crippen molar-refractivity contribution in [2.75, 3.05) is 13.2 Å². The lowest BCUT2D eigenvalue weighted by Crippen LogP contribution is -2.13. The molecular formula is C21H22ClNO3. The number of hydrogen-bond acceptors (Lipinski definition) is 3. The van der Waals surface area contributed by atoms with Crippen LogP contribution in [0, 0.1) is 6.92 Å². The smallest absolute Gasteiger partial charge is 0.354 e. The summed E-state index contributed by atoms with van der Waals surface area (Å²) in [6, 6.07) is 15.5. The first-order valence-corrected chi connectivity index (χ1v) is 9.12. The number of esters is 1. The van der Waals surface area contributed by atoms with Crippen LogP contribution in [0.2, 0.25) is 5.02 Å². The minimum absolute atomic E-state index is 0.294. The number of carbonyl (C=O) groups excluding carboxylic acids is 1. The number of aromatic nitrogens is 1. The van der Waals surface area contributed by atoms with Gasteiger partial charge in [0.05, 0.1) is 13.2 Å². The van der Waals surface area contributed by atoms with Crippen LogP contribution in [-0.2, 0) is 11.3 Å². The van der Waals surface area contributed by atoms with Crippen molar-refractivity contribution in [3.63, 3.8) is 0 Å². The normalized spacial score (nSPS) is 10.9. The van der Waals surface area contributed by atoms with Crippen molar-refractivity contribution in [1.82, 2.24) is 4.57 Å². The Labute approximate surface area is 158 Å². The Morgan fingerprint density at radius 2 is 1.96 bits per heavy atom. The van der Waals surface area contributed by atoms with Crippen molar-refractivity contribution >= 4 is 28.5 Å². The molecule has 0 fully saturated rings. The first kappa shape index (κ1) is 18.3. The number of halogens is 1. The van der Waals surface area contributed by atoms with Gasteiger partial charge in [0.2, 0.25) is 0 Å². The first-order valence-electron chi connectivity index (χ1n) is 8.74. The van der Waals surface area contributed by atoms with E-state index in [2.05, 4.69) is 0 Å². The van der Waals surface area contributed by atoms with E-state index in [4.69, 9.17) is 21.1 Å². The topological polar surface area (TPSA) is 40.5 Å². The number of ether oxygens (including phenoxy) is 2. The fraction of sp³-hybridized carbons (Fsp3) is 0.286. The maximum absolute atomic E-state index is 12.3. The second kappa shape index (κ2) is 8.28. The fourth-order valence-corrected chi connectivity index (χ4v) is 3.06. The van der Waals surface area contributed by atoms with Crippen LogP contribution < -0.4 is 4.74 Å². The predicted octanol–water partition coefficient (Wildman–Crippen LogP) is 5.25. The summed E-state index contributed by atoms with van der Waals surface area (Å²) in [4.78, 5) is 12.3. The number of carbonyl (C=O) groups is 1. The quantitative estimate of drug-likeness (QED) is 0.420. The van der Waals surface area contributed by atoms with Crippen LogP contribution in [0.5, 0.6) is 5.75 Å². The van der Waals surface area contributed by atoms with Gasteiger partial charge in [-0.15, -0.1) is 0 Å². The summed E-state index contributed by atoms with van der Waals surface area (Å²) in [5.41, 5.74) is 2.60. The third kappa shape index (κ3) is 4.02. The summed E-state index contributed by atoms with van der Waals surface area (Å²) < 4.78 is 13.0. The monoisotopic (exact) mass is 371 g/mol. The highest BCUT2D eigenvalue weighted by atomic mass is 35.5. The average molecular weight is 372 g/mol. The second-order valence-corrected chi connectivity index (χ2v) is 6.48. The first-order chi connectivity index (χ1) is 12.6. The Kier molecular flexibility index (Phi) is 5.84. The molecular weight excluding hydrogens is 350 g/mol. The number of rotatable bonds is 7. The molecule has 0 radical (unpaired) electrons. The van der Waals surface area contributed by atoms with E-state index in [1.54, 1.807) is 0 Å². The molecule has 0 aliphatic heterocycles. The van der Waals surface area contributed by atoms with Gasteiger partial charge in [0.25, 0.3) is 0 Å². The van der Waals surface area contributed by atoms with Crippen LogP contribution in [0.4, 0.5) is 0 Å². The van der Waals surface area contributed by atoms with Crippen LogP contribution in [0.15, 0.2) is 48.5 Å². The van der Waals surface area contributed by atoms with Crippen molar-refractivity contribution in [2.24, 2.45) is 0 Å². The molecule has 0 bridgehead atoms. The summed E-state index contributed by atoms with van der Waals surface area (Å²) in [5.74, 6) is 0.507. The van der Waals surface area contributed by atoms with Gasteiger partial charge < -0.3 is 14.0 Å². The maximum Gasteiger partial charge on any atom is 0.354 e. The van der Waals surface area contributed by atoms with Gasteiger partial charge in [-0.05, 0) is 56.2 Å². The maximum atomic E-state index is 12.3. The molecule has 26 heavy (non-hydrogen) atoms. The van der Waals surface area contributed by atoms with E-state index >= 15 is 0 Å². The summed E-state index contributed by atoms with van der Waals surface area (Å²) >= 11 is 6.04. The molecule has 4 nitrogen and oxygen atoms in total. The number of benzene rings is 2. The molecule has 0 saturated heterocycles. The highest BCUT2D eigenvalue weighted by molar-refractivity contribution is 6.31. The Bertz CT molecular complexity index is 917. The van der Waals surface area contributed by atoms with Crippen LogP contribution in [0.1, 0.15) is 29.4 Å². The minimum atomic E-state index is -0.294. The lowest BCUT2D eigenvalue weighted by atomic mass is 10.2. The van der Waals surface area contributed by atoms with Crippen molar-refractivity contribution in [2.45, 2.75) is 26.8 Å². The van der Waals surface area contributed by atoms with Crippen LogP contribution in [-0.4, -0.2) is 23.8 Å². The second-order valence-electron chi connectivity index (χ2n) is 6.07. The number of fused-ring (bicyclic) bond motifs is 1. The van der Waals surface area contributed by atoms with E-state index in [-0.39, 0.29) is 5.97 Å². The molecule has 0 unspecified atom stereocenters. The molecule has 0 aliphatic rings. The van der Waals surface area contributed by atoms with Crippen molar-refractivity contribution in [3.05, 3.63) is 64.8 Å². The molecule has 2 aromatic carbocycles. The van der Waals surface area contributed by atoms with Gasteiger partial charge in [0.1, 0.15) is 11.4 Å². The molecule has 0 aliphatic carbocycles. The zero-order valence-electron chi connectivity index (χ0n) is 15.0. The van der Waals surface area contributed by atoms with E-state index in [0.29, 0.717) is 25.5 Å². The van der Waals surface area contributed by atoms with Crippen LogP contribution in [0.3, 0.4) is 0 Å². The molecule has 3 rings (SSSR count). The summed E-state index contributed by atoms with van der Waals surface area (Å²) in [6.07, 6.45) is 0.771. The lowest BCUT2D eigenvalue weighted by molar-refractivity contribution is 0.0514. The van der Waals surface area contributed by atoms with E-state index in [0.717, 1.165) is 33.7 Å². The highest BCUT2D eigenvalue weighted by Gasteiger charge is 2.16. The van der Waals surface area contributed by atoms with Crippen molar-refractivity contribution < 1.29 is 14.3 Å².